The summed E-state index contributed by atoms with van der Waals surface area (Å²) >= 11 is 0. The third-order valence-electron chi connectivity index (χ3n) is 3.61. The molecular formula is C13H16B2. The third kappa shape index (κ3) is 2.00. The number of benzene rings is 1. The van der Waals surface area contributed by atoms with Crippen LogP contribution in [0.3, 0.4) is 0 Å². The predicted octanol–water partition coefficient (Wildman–Crippen LogP) is 2.89. The molecule has 1 aliphatic rings. The molecule has 1 aromatic carbocycles. The van der Waals surface area contributed by atoms with Crippen molar-refractivity contribution >= 4 is 15.7 Å². The molecule has 2 rings (SSSR count). The Balaban J connectivity index is 2.30. The van der Waals surface area contributed by atoms with Gasteiger partial charge in [0.15, 0.2) is 0 Å². The fourth-order valence-corrected chi connectivity index (χ4v) is 2.45. The van der Waals surface area contributed by atoms with E-state index in [-0.39, 0.29) is 11.1 Å². The van der Waals surface area contributed by atoms with Gasteiger partial charge in [-0.25, -0.2) is 0 Å². The van der Waals surface area contributed by atoms with Gasteiger partial charge in [-0.2, -0.15) is 0 Å². The van der Waals surface area contributed by atoms with Crippen molar-refractivity contribution in [1.82, 2.24) is 0 Å². The Bertz CT molecular complexity index is 331. The first-order valence-electron chi connectivity index (χ1n) is 5.74. The topological polar surface area (TPSA) is 0 Å². The van der Waals surface area contributed by atoms with Gasteiger partial charge in [0, 0.05) is 0 Å². The molecular weight excluding hydrogens is 178 g/mol. The lowest BCUT2D eigenvalue weighted by Crippen LogP contribution is -2.35. The first kappa shape index (κ1) is 10.9. The van der Waals surface area contributed by atoms with Crippen LogP contribution in [0.15, 0.2) is 24.3 Å². The summed E-state index contributed by atoms with van der Waals surface area (Å²) in [5, 5.41) is -0.300. The van der Waals surface area contributed by atoms with Gasteiger partial charge in [-0.05, 0) is 12.2 Å². The Morgan fingerprint density at radius 2 is 1.87 bits per heavy atom. The molecule has 1 saturated carbocycles. The van der Waals surface area contributed by atoms with Crippen molar-refractivity contribution in [2.75, 3.05) is 0 Å². The van der Waals surface area contributed by atoms with Crippen molar-refractivity contribution in [3.63, 3.8) is 0 Å². The molecule has 0 saturated heterocycles. The van der Waals surface area contributed by atoms with Crippen molar-refractivity contribution in [3.8, 4) is 0 Å². The highest BCUT2D eigenvalue weighted by Crippen LogP contribution is 2.43. The second-order valence-electron chi connectivity index (χ2n) is 4.76. The minimum Gasteiger partial charge on any atom is -0.0757 e. The van der Waals surface area contributed by atoms with Gasteiger partial charge in [-0.15, -0.1) is 0 Å². The minimum absolute atomic E-state index is 0.106. The zero-order valence-corrected chi connectivity index (χ0v) is 9.37. The van der Waals surface area contributed by atoms with E-state index in [2.05, 4.69) is 31.2 Å². The second kappa shape index (κ2) is 4.08. The Morgan fingerprint density at radius 3 is 2.47 bits per heavy atom. The average Bonchev–Trinajstić information content (AvgIpc) is 2.23. The van der Waals surface area contributed by atoms with E-state index in [0.29, 0.717) is 0 Å². The molecule has 2 unspecified atom stereocenters. The molecule has 2 atom stereocenters. The van der Waals surface area contributed by atoms with Gasteiger partial charge >= 0.3 is 0 Å². The van der Waals surface area contributed by atoms with Gasteiger partial charge in [0.1, 0.15) is 0 Å². The largest absolute Gasteiger partial charge is 0.0804 e. The van der Waals surface area contributed by atoms with Crippen molar-refractivity contribution in [3.05, 3.63) is 35.4 Å². The van der Waals surface area contributed by atoms with Crippen LogP contribution in [0.2, 0.25) is 5.82 Å². The lowest BCUT2D eigenvalue weighted by Gasteiger charge is -2.41. The van der Waals surface area contributed by atoms with E-state index in [1.165, 1.54) is 24.0 Å². The Morgan fingerprint density at radius 1 is 1.20 bits per heavy atom. The summed E-state index contributed by atoms with van der Waals surface area (Å²) in [7, 11) is 12.6. The molecule has 15 heavy (non-hydrogen) atoms. The minimum atomic E-state index is -0.300. The molecule has 0 aliphatic heterocycles. The highest BCUT2D eigenvalue weighted by Gasteiger charge is 2.33. The van der Waals surface area contributed by atoms with Gasteiger partial charge in [0.2, 0.25) is 0 Å². The van der Waals surface area contributed by atoms with E-state index in [0.717, 1.165) is 12.8 Å². The molecule has 0 N–H and O–H groups in total. The van der Waals surface area contributed by atoms with E-state index < -0.39 is 0 Å². The summed E-state index contributed by atoms with van der Waals surface area (Å²) in [6.07, 6.45) is 4.46. The van der Waals surface area contributed by atoms with Crippen molar-refractivity contribution < 1.29 is 0 Å². The Labute approximate surface area is 95.3 Å². The van der Waals surface area contributed by atoms with Gasteiger partial charge in [-0.3, -0.25) is 0 Å². The summed E-state index contributed by atoms with van der Waals surface area (Å²) in [6.45, 7) is 2.09. The van der Waals surface area contributed by atoms with Crippen LogP contribution in [0.5, 0.6) is 0 Å². The van der Waals surface area contributed by atoms with Gasteiger partial charge in [0.05, 0.1) is 15.7 Å². The zero-order valence-electron chi connectivity index (χ0n) is 9.37. The maximum atomic E-state index is 6.45. The smallest absolute Gasteiger partial charge is 0.0757 e. The van der Waals surface area contributed by atoms with Crippen LogP contribution in [0.25, 0.3) is 0 Å². The van der Waals surface area contributed by atoms with Crippen molar-refractivity contribution in [2.24, 2.45) is 0 Å². The van der Waals surface area contributed by atoms with Gasteiger partial charge < -0.3 is 0 Å². The van der Waals surface area contributed by atoms with E-state index in [1.807, 2.05) is 0 Å². The van der Waals surface area contributed by atoms with Gasteiger partial charge in [-0.1, -0.05) is 66.9 Å². The molecule has 0 spiro atoms. The standard InChI is InChI=1S/C13H16B2/c1-10-5-7-11(8-6-10)13(15)9-3-2-4-12(13)14/h5-8,12H,2-4,9H2,1H3. The fraction of sp³-hybridized carbons (Fsp3) is 0.538. The molecule has 1 aromatic rings. The molecule has 4 radical (unpaired) electrons. The monoisotopic (exact) mass is 194 g/mol. The van der Waals surface area contributed by atoms with E-state index in [1.54, 1.807) is 0 Å². The van der Waals surface area contributed by atoms with Crippen molar-refractivity contribution in [1.29, 1.82) is 0 Å². The summed E-state index contributed by atoms with van der Waals surface area (Å²) in [5.74, 6) is 0.106. The molecule has 0 nitrogen and oxygen atoms in total. The second-order valence-corrected chi connectivity index (χ2v) is 4.76. The molecule has 2 heteroatoms. The lowest BCUT2D eigenvalue weighted by molar-refractivity contribution is 0.398. The molecule has 1 fully saturated rings. The molecule has 0 amide bonds. The zero-order chi connectivity index (χ0) is 10.9. The predicted molar refractivity (Wildman–Crippen MR) is 66.6 cm³/mol. The number of rotatable bonds is 1. The first-order chi connectivity index (χ1) is 7.13. The van der Waals surface area contributed by atoms with Crippen LogP contribution in [0.1, 0.15) is 36.8 Å². The quantitative estimate of drug-likeness (QED) is 0.602. The van der Waals surface area contributed by atoms with Gasteiger partial charge in [0.25, 0.3) is 0 Å². The third-order valence-corrected chi connectivity index (χ3v) is 3.61. The van der Waals surface area contributed by atoms with E-state index in [4.69, 9.17) is 15.7 Å². The van der Waals surface area contributed by atoms with E-state index in [9.17, 15) is 0 Å². The maximum Gasteiger partial charge on any atom is 0.0804 e. The SMILES string of the molecule is [B]C1CCCCC1([B])c1ccc(C)cc1. The molecule has 74 valence electrons. The Kier molecular flexibility index (Phi) is 2.95. The summed E-state index contributed by atoms with van der Waals surface area (Å²) in [4.78, 5) is 0. The average molecular weight is 194 g/mol. The van der Waals surface area contributed by atoms with Crippen molar-refractivity contribution in [2.45, 2.75) is 43.7 Å². The first-order valence-corrected chi connectivity index (χ1v) is 5.74. The van der Waals surface area contributed by atoms with Crippen LogP contribution in [-0.4, -0.2) is 15.7 Å². The summed E-state index contributed by atoms with van der Waals surface area (Å²) in [6, 6.07) is 8.48. The lowest BCUT2D eigenvalue weighted by atomic mass is 9.46. The van der Waals surface area contributed by atoms with Crippen LogP contribution in [-0.2, 0) is 5.31 Å². The number of hydrogen-bond acceptors (Lipinski definition) is 0. The summed E-state index contributed by atoms with van der Waals surface area (Å²) in [5.41, 5.74) is 2.46. The fourth-order valence-electron chi connectivity index (χ4n) is 2.45. The van der Waals surface area contributed by atoms with Crippen LogP contribution < -0.4 is 0 Å². The highest BCUT2D eigenvalue weighted by molar-refractivity contribution is 6.24. The van der Waals surface area contributed by atoms with Crippen LogP contribution in [0, 0.1) is 6.92 Å². The van der Waals surface area contributed by atoms with Crippen LogP contribution >= 0.6 is 0 Å². The molecule has 1 aliphatic carbocycles. The molecule has 0 heterocycles. The van der Waals surface area contributed by atoms with Crippen LogP contribution in [0.4, 0.5) is 0 Å². The number of aryl methyl sites for hydroxylation is 1. The Hall–Kier alpha value is -0.650. The summed E-state index contributed by atoms with van der Waals surface area (Å²) < 4.78 is 0. The normalized spacial score (nSPS) is 31.4. The van der Waals surface area contributed by atoms with E-state index >= 15 is 0 Å². The number of hydrogen-bond donors (Lipinski definition) is 0. The maximum absolute atomic E-state index is 6.45. The molecule has 0 aromatic heterocycles. The molecule has 0 bridgehead atoms. The highest BCUT2D eigenvalue weighted by atomic mass is 14.3.